The molecule has 1 aromatic heterocycles. The average Bonchev–Trinajstić information content (AvgIpc) is 2.67. The number of hydrogen-bond acceptors (Lipinski definition) is 4. The van der Waals surface area contributed by atoms with Crippen molar-refractivity contribution < 1.29 is 0 Å². The highest BCUT2D eigenvalue weighted by Crippen LogP contribution is 2.29. The number of pyridine rings is 1. The first kappa shape index (κ1) is 17.4. The summed E-state index contributed by atoms with van der Waals surface area (Å²) in [4.78, 5) is 13.6. The SMILES string of the molecule is Clc1ccc(CCN2CN=CC3=C2CN(c2ncccc2Cl)CC3)cc1. The lowest BCUT2D eigenvalue weighted by Gasteiger charge is -2.38. The quantitative estimate of drug-likeness (QED) is 0.778. The van der Waals surface area contributed by atoms with Crippen LogP contribution in [0.5, 0.6) is 0 Å². The van der Waals surface area contributed by atoms with Gasteiger partial charge in [0.15, 0.2) is 0 Å². The van der Waals surface area contributed by atoms with Gasteiger partial charge >= 0.3 is 0 Å². The van der Waals surface area contributed by atoms with Crippen LogP contribution in [0.2, 0.25) is 10.0 Å². The predicted octanol–water partition coefficient (Wildman–Crippen LogP) is 4.44. The first-order valence-electron chi connectivity index (χ1n) is 8.77. The van der Waals surface area contributed by atoms with Crippen molar-refractivity contribution in [3.05, 3.63) is 69.5 Å². The average molecular weight is 387 g/mol. The van der Waals surface area contributed by atoms with Crippen molar-refractivity contribution in [2.75, 3.05) is 31.2 Å². The van der Waals surface area contributed by atoms with Gasteiger partial charge in [0.05, 0.1) is 11.6 Å². The molecule has 134 valence electrons. The Morgan fingerprint density at radius 3 is 2.73 bits per heavy atom. The monoisotopic (exact) mass is 386 g/mol. The van der Waals surface area contributed by atoms with E-state index < -0.39 is 0 Å². The van der Waals surface area contributed by atoms with Crippen LogP contribution in [0, 0.1) is 0 Å². The van der Waals surface area contributed by atoms with E-state index in [-0.39, 0.29) is 0 Å². The molecule has 26 heavy (non-hydrogen) atoms. The van der Waals surface area contributed by atoms with Crippen LogP contribution in [0.4, 0.5) is 5.82 Å². The number of hydrogen-bond donors (Lipinski definition) is 0. The summed E-state index contributed by atoms with van der Waals surface area (Å²) in [5.74, 6) is 0.862. The maximum Gasteiger partial charge on any atom is 0.147 e. The molecule has 0 bridgehead atoms. The van der Waals surface area contributed by atoms with Crippen LogP contribution in [-0.4, -0.2) is 42.4 Å². The van der Waals surface area contributed by atoms with E-state index in [1.807, 2.05) is 30.5 Å². The molecule has 1 aromatic carbocycles. The Kier molecular flexibility index (Phi) is 5.14. The Labute approximate surface area is 163 Å². The van der Waals surface area contributed by atoms with Crippen LogP contribution in [0.15, 0.2) is 58.9 Å². The summed E-state index contributed by atoms with van der Waals surface area (Å²) in [6.07, 6.45) is 5.76. The van der Waals surface area contributed by atoms with Gasteiger partial charge in [0.25, 0.3) is 0 Å². The van der Waals surface area contributed by atoms with E-state index in [1.165, 1.54) is 16.8 Å². The van der Waals surface area contributed by atoms with Gasteiger partial charge in [-0.1, -0.05) is 35.3 Å². The van der Waals surface area contributed by atoms with Crippen LogP contribution < -0.4 is 4.90 Å². The van der Waals surface area contributed by atoms with Crippen molar-refractivity contribution in [2.45, 2.75) is 12.8 Å². The molecule has 0 atom stereocenters. The van der Waals surface area contributed by atoms with Crippen molar-refractivity contribution in [3.63, 3.8) is 0 Å². The maximum absolute atomic E-state index is 6.35. The number of anilines is 1. The normalized spacial score (nSPS) is 16.8. The van der Waals surface area contributed by atoms with E-state index in [2.05, 4.69) is 31.9 Å². The molecule has 0 saturated heterocycles. The standard InChI is InChI=1S/C20H20Cl2N4/c21-17-5-3-15(4-6-17)7-10-26-14-23-12-16-8-11-25(13-19(16)26)20-18(22)2-1-9-24-20/h1-6,9,12H,7-8,10-11,13-14H2. The second-order valence-corrected chi connectivity index (χ2v) is 7.39. The fourth-order valence-electron chi connectivity index (χ4n) is 3.45. The van der Waals surface area contributed by atoms with Crippen LogP contribution >= 0.6 is 23.2 Å². The first-order chi connectivity index (χ1) is 12.7. The summed E-state index contributed by atoms with van der Waals surface area (Å²) in [6.45, 7) is 3.36. The van der Waals surface area contributed by atoms with Crippen molar-refractivity contribution in [1.29, 1.82) is 0 Å². The largest absolute Gasteiger partial charge is 0.353 e. The molecule has 0 saturated carbocycles. The van der Waals surface area contributed by atoms with E-state index in [0.29, 0.717) is 11.7 Å². The maximum atomic E-state index is 6.35. The molecule has 3 heterocycles. The minimum atomic E-state index is 0.703. The molecule has 0 aliphatic carbocycles. The van der Waals surface area contributed by atoms with Crippen molar-refractivity contribution in [1.82, 2.24) is 9.88 Å². The number of halogens is 2. The Bertz CT molecular complexity index is 845. The lowest BCUT2D eigenvalue weighted by molar-refractivity contribution is 0.340. The Hall–Kier alpha value is -2.04. The third-order valence-electron chi connectivity index (χ3n) is 4.87. The summed E-state index contributed by atoms with van der Waals surface area (Å²) in [6, 6.07) is 11.8. The molecule has 4 nitrogen and oxygen atoms in total. The molecule has 4 rings (SSSR count). The number of benzene rings is 1. The van der Waals surface area contributed by atoms with Gasteiger partial charge in [-0.3, -0.25) is 4.99 Å². The molecule has 2 aromatic rings. The first-order valence-corrected chi connectivity index (χ1v) is 9.53. The minimum absolute atomic E-state index is 0.703. The molecule has 0 amide bonds. The zero-order valence-corrected chi connectivity index (χ0v) is 15.9. The Morgan fingerprint density at radius 2 is 1.92 bits per heavy atom. The third-order valence-corrected chi connectivity index (χ3v) is 5.41. The van der Waals surface area contributed by atoms with Crippen LogP contribution in [0.25, 0.3) is 0 Å². The van der Waals surface area contributed by atoms with Gasteiger partial charge in [-0.15, -0.1) is 0 Å². The molecule has 0 radical (unpaired) electrons. The van der Waals surface area contributed by atoms with E-state index in [9.17, 15) is 0 Å². The lowest BCUT2D eigenvalue weighted by Crippen LogP contribution is -2.41. The van der Waals surface area contributed by atoms with E-state index >= 15 is 0 Å². The highest BCUT2D eigenvalue weighted by atomic mass is 35.5. The minimum Gasteiger partial charge on any atom is -0.353 e. The number of nitrogens with zero attached hydrogens (tertiary/aromatic N) is 4. The fourth-order valence-corrected chi connectivity index (χ4v) is 3.82. The van der Waals surface area contributed by atoms with Crippen LogP contribution in [0.3, 0.4) is 0 Å². The Morgan fingerprint density at radius 1 is 1.08 bits per heavy atom. The molecular formula is C20H20Cl2N4. The number of rotatable bonds is 4. The van der Waals surface area contributed by atoms with Gasteiger partial charge in [-0.05, 0) is 48.2 Å². The second-order valence-electron chi connectivity index (χ2n) is 6.55. The molecule has 0 spiro atoms. The molecule has 0 unspecified atom stereocenters. The number of aliphatic imine (C=N–C) groups is 1. The summed E-state index contributed by atoms with van der Waals surface area (Å²) < 4.78 is 0. The van der Waals surface area contributed by atoms with E-state index in [1.54, 1.807) is 6.20 Å². The summed E-state index contributed by atoms with van der Waals surface area (Å²) in [5, 5.41) is 1.48. The van der Waals surface area contributed by atoms with Gasteiger partial charge in [-0.25, -0.2) is 4.98 Å². The summed E-state index contributed by atoms with van der Waals surface area (Å²) in [7, 11) is 0. The molecule has 6 heteroatoms. The molecular weight excluding hydrogens is 367 g/mol. The lowest BCUT2D eigenvalue weighted by atomic mass is 10.0. The third kappa shape index (κ3) is 3.71. The van der Waals surface area contributed by atoms with Gasteiger partial charge in [0.2, 0.25) is 0 Å². The molecule has 2 aliphatic heterocycles. The molecule has 2 aliphatic rings. The van der Waals surface area contributed by atoms with Crippen molar-refractivity contribution >= 4 is 35.2 Å². The van der Waals surface area contributed by atoms with E-state index in [0.717, 1.165) is 43.3 Å². The highest BCUT2D eigenvalue weighted by molar-refractivity contribution is 6.33. The van der Waals surface area contributed by atoms with Gasteiger partial charge in [-0.2, -0.15) is 0 Å². The second kappa shape index (κ2) is 7.68. The molecule has 0 fully saturated rings. The smallest absolute Gasteiger partial charge is 0.147 e. The Balaban J connectivity index is 1.49. The van der Waals surface area contributed by atoms with Crippen LogP contribution in [-0.2, 0) is 6.42 Å². The zero-order valence-electron chi connectivity index (χ0n) is 14.4. The van der Waals surface area contributed by atoms with E-state index in [4.69, 9.17) is 23.2 Å². The van der Waals surface area contributed by atoms with Crippen molar-refractivity contribution in [2.24, 2.45) is 4.99 Å². The van der Waals surface area contributed by atoms with Gasteiger partial charge < -0.3 is 9.80 Å². The predicted molar refractivity (Wildman–Crippen MR) is 108 cm³/mol. The number of aromatic nitrogens is 1. The van der Waals surface area contributed by atoms with Gasteiger partial charge in [0, 0.05) is 36.2 Å². The summed E-state index contributed by atoms with van der Waals surface area (Å²) in [5.41, 5.74) is 3.95. The summed E-state index contributed by atoms with van der Waals surface area (Å²) >= 11 is 12.3. The molecule has 0 N–H and O–H groups in total. The van der Waals surface area contributed by atoms with Crippen molar-refractivity contribution in [3.8, 4) is 0 Å². The van der Waals surface area contributed by atoms with Gasteiger partial charge in [0.1, 0.15) is 12.5 Å². The van der Waals surface area contributed by atoms with Crippen LogP contribution in [0.1, 0.15) is 12.0 Å². The topological polar surface area (TPSA) is 31.7 Å². The highest BCUT2D eigenvalue weighted by Gasteiger charge is 2.26. The zero-order chi connectivity index (χ0) is 17.9. The fraction of sp³-hybridized carbons (Fsp3) is 0.300.